The lowest BCUT2D eigenvalue weighted by Crippen LogP contribution is -1.95. The Morgan fingerprint density at radius 1 is 1.25 bits per heavy atom. The Hall–Kier alpha value is -2.32. The minimum absolute atomic E-state index is 0.0456. The molecule has 8 heteroatoms. The summed E-state index contributed by atoms with van der Waals surface area (Å²) < 4.78 is 0.919. The Balaban J connectivity index is 1.52. The number of nitrogens with zero attached hydrogens (tertiary/aromatic N) is 3. The third-order valence-electron chi connectivity index (χ3n) is 4.08. The first kappa shape index (κ1) is 14.1. The van der Waals surface area contributed by atoms with Crippen LogP contribution in [0.5, 0.6) is 0 Å². The highest BCUT2D eigenvalue weighted by Gasteiger charge is 2.23. The predicted octanol–water partition coefficient (Wildman–Crippen LogP) is 3.69. The SMILES string of the molecule is O=c1[nH]c2ccc(Nc3ncnc4sc(CC5CC5)nc34)cc2s1. The highest BCUT2D eigenvalue weighted by atomic mass is 32.1. The molecule has 2 N–H and O–H groups in total. The monoisotopic (exact) mass is 355 g/mol. The second-order valence-corrected chi connectivity index (χ2v) is 8.06. The normalized spacial score (nSPS) is 14.5. The molecule has 120 valence electrons. The topological polar surface area (TPSA) is 83.6 Å². The molecule has 6 nitrogen and oxygen atoms in total. The molecule has 1 saturated carbocycles. The van der Waals surface area contributed by atoms with Crippen molar-refractivity contribution in [3.05, 3.63) is 39.2 Å². The highest BCUT2D eigenvalue weighted by molar-refractivity contribution is 7.18. The van der Waals surface area contributed by atoms with Gasteiger partial charge < -0.3 is 10.3 Å². The fourth-order valence-corrected chi connectivity index (χ4v) is 4.50. The van der Waals surface area contributed by atoms with E-state index < -0.39 is 0 Å². The summed E-state index contributed by atoms with van der Waals surface area (Å²) in [7, 11) is 0. The molecule has 0 aliphatic heterocycles. The zero-order valence-corrected chi connectivity index (χ0v) is 14.2. The molecular formula is C16H13N5OS2. The maximum atomic E-state index is 11.4. The molecule has 0 saturated heterocycles. The molecule has 0 bridgehead atoms. The number of thiazole rings is 2. The van der Waals surface area contributed by atoms with Crippen molar-refractivity contribution in [1.82, 2.24) is 19.9 Å². The summed E-state index contributed by atoms with van der Waals surface area (Å²) in [5.74, 6) is 1.51. The molecule has 4 aromatic rings. The molecule has 24 heavy (non-hydrogen) atoms. The summed E-state index contributed by atoms with van der Waals surface area (Å²) in [5.41, 5.74) is 2.55. The largest absolute Gasteiger partial charge is 0.338 e. The van der Waals surface area contributed by atoms with Crippen LogP contribution in [0, 0.1) is 5.92 Å². The number of H-pyrrole nitrogens is 1. The first-order valence-electron chi connectivity index (χ1n) is 7.75. The molecular weight excluding hydrogens is 342 g/mol. The molecule has 1 fully saturated rings. The zero-order valence-electron chi connectivity index (χ0n) is 12.6. The number of aromatic amines is 1. The van der Waals surface area contributed by atoms with Crippen molar-refractivity contribution in [2.24, 2.45) is 5.92 Å². The molecule has 0 amide bonds. The number of fused-ring (bicyclic) bond motifs is 2. The van der Waals surface area contributed by atoms with Crippen LogP contribution in [0.4, 0.5) is 11.5 Å². The van der Waals surface area contributed by atoms with E-state index in [0.29, 0.717) is 5.82 Å². The van der Waals surface area contributed by atoms with Gasteiger partial charge in [0.25, 0.3) is 0 Å². The first-order chi connectivity index (χ1) is 11.7. The van der Waals surface area contributed by atoms with E-state index in [4.69, 9.17) is 4.98 Å². The Bertz CT molecular complexity index is 1110. The molecule has 0 radical (unpaired) electrons. The van der Waals surface area contributed by atoms with Crippen molar-refractivity contribution >= 4 is 54.7 Å². The average Bonchev–Trinajstić information content (AvgIpc) is 3.14. The van der Waals surface area contributed by atoms with Gasteiger partial charge in [0.1, 0.15) is 16.7 Å². The highest BCUT2D eigenvalue weighted by Crippen LogP contribution is 2.35. The first-order valence-corrected chi connectivity index (χ1v) is 9.38. The van der Waals surface area contributed by atoms with Crippen LogP contribution in [0.15, 0.2) is 29.3 Å². The van der Waals surface area contributed by atoms with Crippen molar-refractivity contribution in [2.45, 2.75) is 19.3 Å². The van der Waals surface area contributed by atoms with Crippen LogP contribution in [0.2, 0.25) is 0 Å². The standard InChI is InChI=1S/C16H13N5OS2/c22-16-20-10-4-3-9(6-11(10)23-16)19-14-13-15(18-7-17-14)24-12(21-13)5-8-1-2-8/h3-4,6-8H,1-2,5H2,(H,20,22)(H,17,18,19). The van der Waals surface area contributed by atoms with Gasteiger partial charge in [-0.3, -0.25) is 4.79 Å². The van der Waals surface area contributed by atoms with Crippen LogP contribution in [0.25, 0.3) is 20.6 Å². The van der Waals surface area contributed by atoms with Crippen LogP contribution in [0.3, 0.4) is 0 Å². The van der Waals surface area contributed by atoms with Gasteiger partial charge in [-0.1, -0.05) is 22.7 Å². The van der Waals surface area contributed by atoms with Gasteiger partial charge in [0, 0.05) is 12.1 Å². The summed E-state index contributed by atoms with van der Waals surface area (Å²) in [6.07, 6.45) is 5.24. The van der Waals surface area contributed by atoms with Crippen molar-refractivity contribution in [3.8, 4) is 0 Å². The summed E-state index contributed by atoms with van der Waals surface area (Å²) in [5, 5.41) is 4.45. The van der Waals surface area contributed by atoms with E-state index in [9.17, 15) is 4.79 Å². The van der Waals surface area contributed by atoms with Crippen molar-refractivity contribution in [2.75, 3.05) is 5.32 Å². The fourth-order valence-electron chi connectivity index (χ4n) is 2.70. The van der Waals surface area contributed by atoms with Crippen LogP contribution in [-0.4, -0.2) is 19.9 Å². The minimum Gasteiger partial charge on any atom is -0.338 e. The van der Waals surface area contributed by atoms with Gasteiger partial charge in [-0.2, -0.15) is 0 Å². The lowest BCUT2D eigenvalue weighted by Gasteiger charge is -2.05. The van der Waals surface area contributed by atoms with Gasteiger partial charge in [-0.15, -0.1) is 0 Å². The van der Waals surface area contributed by atoms with Crippen LogP contribution in [0.1, 0.15) is 17.8 Å². The van der Waals surface area contributed by atoms with E-state index in [-0.39, 0.29) is 4.87 Å². The average molecular weight is 355 g/mol. The summed E-state index contributed by atoms with van der Waals surface area (Å²) in [6.45, 7) is 0. The number of hydrogen-bond acceptors (Lipinski definition) is 7. The maximum Gasteiger partial charge on any atom is 0.305 e. The van der Waals surface area contributed by atoms with E-state index >= 15 is 0 Å². The third-order valence-corrected chi connectivity index (χ3v) is 5.91. The van der Waals surface area contributed by atoms with E-state index in [2.05, 4.69) is 20.3 Å². The second kappa shape index (κ2) is 5.35. The Morgan fingerprint density at radius 2 is 2.17 bits per heavy atom. The van der Waals surface area contributed by atoms with Crippen molar-refractivity contribution in [3.63, 3.8) is 0 Å². The molecule has 1 aromatic carbocycles. The summed E-state index contributed by atoms with van der Waals surface area (Å²) in [4.78, 5) is 28.5. The number of hydrogen-bond donors (Lipinski definition) is 2. The molecule has 3 aromatic heterocycles. The number of aromatic nitrogens is 4. The number of nitrogens with one attached hydrogen (secondary N) is 2. The van der Waals surface area contributed by atoms with Gasteiger partial charge in [0.05, 0.1) is 15.2 Å². The number of rotatable bonds is 4. The van der Waals surface area contributed by atoms with E-state index in [1.807, 2.05) is 18.2 Å². The molecule has 5 rings (SSSR count). The zero-order chi connectivity index (χ0) is 16.1. The Morgan fingerprint density at radius 3 is 3.04 bits per heavy atom. The molecule has 0 unspecified atom stereocenters. The fraction of sp³-hybridized carbons (Fsp3) is 0.250. The summed E-state index contributed by atoms with van der Waals surface area (Å²) in [6, 6.07) is 5.77. The second-order valence-electron chi connectivity index (χ2n) is 5.98. The predicted molar refractivity (Wildman–Crippen MR) is 97.4 cm³/mol. The van der Waals surface area contributed by atoms with Crippen molar-refractivity contribution in [1.29, 1.82) is 0 Å². The van der Waals surface area contributed by atoms with Crippen LogP contribution >= 0.6 is 22.7 Å². The van der Waals surface area contributed by atoms with Crippen LogP contribution < -0.4 is 10.2 Å². The van der Waals surface area contributed by atoms with Crippen molar-refractivity contribution < 1.29 is 0 Å². The van der Waals surface area contributed by atoms with Gasteiger partial charge in [0.15, 0.2) is 5.82 Å². The molecule has 1 aliphatic carbocycles. The van der Waals surface area contributed by atoms with Gasteiger partial charge in [0.2, 0.25) is 0 Å². The quantitative estimate of drug-likeness (QED) is 0.583. The van der Waals surface area contributed by atoms with E-state index in [1.54, 1.807) is 17.7 Å². The smallest absolute Gasteiger partial charge is 0.305 e. The lowest BCUT2D eigenvalue weighted by atomic mass is 10.3. The van der Waals surface area contributed by atoms with E-state index in [0.717, 1.165) is 43.6 Å². The third kappa shape index (κ3) is 2.57. The van der Waals surface area contributed by atoms with E-state index in [1.165, 1.54) is 24.2 Å². The Labute approximate surface area is 144 Å². The minimum atomic E-state index is -0.0456. The van der Waals surface area contributed by atoms with Crippen LogP contribution in [-0.2, 0) is 6.42 Å². The van der Waals surface area contributed by atoms with Gasteiger partial charge >= 0.3 is 4.87 Å². The maximum absolute atomic E-state index is 11.4. The van der Waals surface area contributed by atoms with Gasteiger partial charge in [-0.25, -0.2) is 15.0 Å². The number of anilines is 2. The molecule has 0 atom stereocenters. The summed E-state index contributed by atoms with van der Waals surface area (Å²) >= 11 is 2.85. The van der Waals surface area contributed by atoms with Gasteiger partial charge in [-0.05, 0) is 37.0 Å². The lowest BCUT2D eigenvalue weighted by molar-refractivity contribution is 0.826. The molecule has 1 aliphatic rings. The Kier molecular flexibility index (Phi) is 3.14. The molecule has 3 heterocycles. The number of benzene rings is 1. The molecule has 0 spiro atoms.